The van der Waals surface area contributed by atoms with Crippen molar-refractivity contribution in [3.05, 3.63) is 166 Å². The number of aryl methyl sites for hydroxylation is 4. The number of likely N-dealkylation sites (tertiary alicyclic amines) is 2. The number of ether oxygens (including phenoxy) is 4. The number of fused-ring (bicyclic) bond motifs is 2. The van der Waals surface area contributed by atoms with Gasteiger partial charge in [0.1, 0.15) is 58.1 Å². The Bertz CT molecular complexity index is 3860. The minimum atomic E-state index is -1.14. The van der Waals surface area contributed by atoms with Gasteiger partial charge in [0, 0.05) is 69.3 Å². The summed E-state index contributed by atoms with van der Waals surface area (Å²) in [6.45, 7) is 18.3. The predicted octanol–water partition coefficient (Wildman–Crippen LogP) is 17.2. The third kappa shape index (κ3) is 11.1. The second-order valence-electron chi connectivity index (χ2n) is 26.1. The first kappa shape index (κ1) is 61.6. The van der Waals surface area contributed by atoms with E-state index in [0.29, 0.717) is 92.3 Å². The lowest BCUT2D eigenvalue weighted by Gasteiger charge is -2.39. The number of nitrogens with zero attached hydrogens (tertiary/aromatic N) is 4. The van der Waals surface area contributed by atoms with Crippen LogP contribution in [0.25, 0.3) is 43.1 Å². The van der Waals surface area contributed by atoms with E-state index in [1.807, 2.05) is 125 Å². The van der Waals surface area contributed by atoms with Gasteiger partial charge in [-0.25, -0.2) is 0 Å². The first-order chi connectivity index (χ1) is 44.6. The first-order valence-electron chi connectivity index (χ1n) is 33.3. The van der Waals surface area contributed by atoms with Crippen LogP contribution >= 0.6 is 0 Å². The molecule has 4 aliphatic heterocycles. The Hall–Kier alpha value is -9.30. The van der Waals surface area contributed by atoms with Gasteiger partial charge in [-0.2, -0.15) is 0 Å². The second-order valence-corrected chi connectivity index (χ2v) is 26.1. The molecule has 13 rings (SSSR count). The van der Waals surface area contributed by atoms with Crippen molar-refractivity contribution in [1.29, 1.82) is 0 Å². The lowest BCUT2D eigenvalue weighted by molar-refractivity contribution is -0.137. The van der Waals surface area contributed by atoms with Gasteiger partial charge in [0.05, 0.1) is 22.3 Å². The van der Waals surface area contributed by atoms with Crippen molar-refractivity contribution in [2.75, 3.05) is 26.2 Å². The quantitative estimate of drug-likeness (QED) is 0.0409. The molecule has 2 saturated heterocycles. The fourth-order valence-electron chi connectivity index (χ4n) is 14.3. The normalized spacial score (nSPS) is 15.8. The number of amides is 6. The third-order valence-corrected chi connectivity index (χ3v) is 19.1. The number of carbonyl (C=O) groups is 6. The SMILES string of the molecule is CCc1ccc(Oc2cc3c4c(cc(Oc5ccc(CC)cc5)c5c6c(Oc7ccc(CC)cc7)cc7c8c(cc(Oc9ccc(CC)cc9)c(c2c45)c86)C(=O)N(C(CC(C)C)C(=O)N2CCCCC2)C7=O)C(=O)N(C(CC(C)C)C(=O)N2CCCCC2)C3=O)cc1. The molecule has 2 unspecified atom stereocenters. The molecule has 472 valence electrons. The zero-order chi connectivity index (χ0) is 64.2. The van der Waals surface area contributed by atoms with Crippen LogP contribution in [0.2, 0.25) is 0 Å². The van der Waals surface area contributed by atoms with Crippen LogP contribution in [0.5, 0.6) is 46.0 Å². The van der Waals surface area contributed by atoms with E-state index in [1.165, 1.54) is 9.80 Å². The molecule has 4 aliphatic rings. The number of rotatable bonds is 20. The van der Waals surface area contributed by atoms with Gasteiger partial charge >= 0.3 is 0 Å². The molecule has 0 spiro atoms. The summed E-state index contributed by atoms with van der Waals surface area (Å²) in [4.78, 5) is 101. The largest absolute Gasteiger partial charge is 0.457 e. The Kier molecular flexibility index (Phi) is 17.0. The molecule has 9 aromatic rings. The van der Waals surface area contributed by atoms with Gasteiger partial charge in [0.25, 0.3) is 23.6 Å². The molecular formula is C78H80N4O10. The summed E-state index contributed by atoms with van der Waals surface area (Å²) in [6.07, 6.45) is 8.74. The van der Waals surface area contributed by atoms with Gasteiger partial charge in [-0.05, 0) is 184 Å². The Labute approximate surface area is 537 Å². The molecule has 9 aromatic carbocycles. The minimum absolute atomic E-state index is 0.0880. The molecule has 4 heterocycles. The third-order valence-electron chi connectivity index (χ3n) is 19.1. The standard InChI is InChI=1S/C78H80N4O10/c1-9-47-19-27-51(28-20-47)89-61-41-55-65-56(74(84)81(73(55)83)59(39-45(5)6)77(87)79-35-15-13-16-36-79)43-63(91-53-31-23-49(11-3)24-32-53)69-70-64(92-54-33-25-50(12-4)26-34-54)44-58-66-57(75(85)82(76(58)86)60(40-46(7)8)78(88)80-37-17-14-18-38-80)42-62(68(72(66)70)67(61)71(65)69)90-52-29-21-48(10-2)22-30-52/h19-34,41-46,59-60H,9-18,35-40H2,1-8H3. The summed E-state index contributed by atoms with van der Waals surface area (Å²) >= 11 is 0. The molecule has 0 saturated carbocycles. The summed E-state index contributed by atoms with van der Waals surface area (Å²) in [5.41, 5.74) is 4.77. The smallest absolute Gasteiger partial charge is 0.262 e. The van der Waals surface area contributed by atoms with Crippen molar-refractivity contribution in [2.45, 2.75) is 145 Å². The van der Waals surface area contributed by atoms with Crippen LogP contribution in [-0.4, -0.2) is 93.3 Å². The highest BCUT2D eigenvalue weighted by atomic mass is 16.5. The predicted molar refractivity (Wildman–Crippen MR) is 360 cm³/mol. The van der Waals surface area contributed by atoms with E-state index in [2.05, 4.69) is 27.7 Å². The highest BCUT2D eigenvalue weighted by Gasteiger charge is 2.47. The Morgan fingerprint density at radius 2 is 0.587 bits per heavy atom. The van der Waals surface area contributed by atoms with Crippen LogP contribution in [0, 0.1) is 11.8 Å². The number of carbonyl (C=O) groups excluding carboxylic acids is 6. The molecule has 14 nitrogen and oxygen atoms in total. The maximum absolute atomic E-state index is 16.2. The van der Waals surface area contributed by atoms with E-state index < -0.39 is 35.7 Å². The van der Waals surface area contributed by atoms with Crippen molar-refractivity contribution in [1.82, 2.24) is 19.6 Å². The van der Waals surface area contributed by atoms with E-state index >= 15 is 28.8 Å². The van der Waals surface area contributed by atoms with E-state index in [4.69, 9.17) is 18.9 Å². The Balaban J connectivity index is 1.20. The molecule has 0 aromatic heterocycles. The zero-order valence-electron chi connectivity index (χ0n) is 54.0. The highest BCUT2D eigenvalue weighted by molar-refractivity contribution is 6.45. The zero-order valence-corrected chi connectivity index (χ0v) is 54.0. The van der Waals surface area contributed by atoms with Crippen LogP contribution in [0.3, 0.4) is 0 Å². The van der Waals surface area contributed by atoms with Gasteiger partial charge < -0.3 is 28.7 Å². The van der Waals surface area contributed by atoms with Gasteiger partial charge in [-0.15, -0.1) is 0 Å². The molecule has 0 aliphatic carbocycles. The molecule has 0 N–H and O–H groups in total. The summed E-state index contributed by atoms with van der Waals surface area (Å²) in [7, 11) is 0. The second kappa shape index (κ2) is 25.4. The van der Waals surface area contributed by atoms with Crippen LogP contribution in [0.1, 0.15) is 170 Å². The Morgan fingerprint density at radius 3 is 0.804 bits per heavy atom. The summed E-state index contributed by atoms with van der Waals surface area (Å²) in [6, 6.07) is 35.3. The van der Waals surface area contributed by atoms with Crippen molar-refractivity contribution >= 4 is 78.5 Å². The number of imide groups is 2. The molecular weight excluding hydrogens is 1150 g/mol. The van der Waals surface area contributed by atoms with Gasteiger partial charge in [0.2, 0.25) is 11.8 Å². The summed E-state index contributed by atoms with van der Waals surface area (Å²) in [5.74, 6) is -0.873. The topological polar surface area (TPSA) is 152 Å². The average molecular weight is 1230 g/mol. The van der Waals surface area contributed by atoms with E-state index in [0.717, 1.165) is 86.5 Å². The number of hydrogen-bond donors (Lipinski definition) is 0. The lowest BCUT2D eigenvalue weighted by Crippen LogP contribution is -2.55. The highest BCUT2D eigenvalue weighted by Crippen LogP contribution is 2.58. The number of benzene rings is 9. The van der Waals surface area contributed by atoms with Crippen molar-refractivity contribution < 1.29 is 47.7 Å². The van der Waals surface area contributed by atoms with Gasteiger partial charge in [-0.1, -0.05) is 104 Å². The van der Waals surface area contributed by atoms with E-state index in [-0.39, 0.29) is 81.7 Å². The fraction of sp³-hybridized carbons (Fsp3) is 0.359. The lowest BCUT2D eigenvalue weighted by atomic mass is 9.80. The van der Waals surface area contributed by atoms with Crippen molar-refractivity contribution in [2.24, 2.45) is 11.8 Å². The monoisotopic (exact) mass is 1230 g/mol. The van der Waals surface area contributed by atoms with Crippen molar-refractivity contribution in [3.63, 3.8) is 0 Å². The van der Waals surface area contributed by atoms with Crippen LogP contribution in [0.15, 0.2) is 121 Å². The molecule has 14 heteroatoms. The molecule has 92 heavy (non-hydrogen) atoms. The average Bonchev–Trinajstić information content (AvgIpc) is 0.671. The maximum atomic E-state index is 16.2. The molecule has 0 radical (unpaired) electrons. The first-order valence-corrected chi connectivity index (χ1v) is 33.3. The fourth-order valence-corrected chi connectivity index (χ4v) is 14.3. The number of piperidine rings is 2. The van der Waals surface area contributed by atoms with Gasteiger partial charge in [0.15, 0.2) is 0 Å². The molecule has 2 atom stereocenters. The summed E-state index contributed by atoms with van der Waals surface area (Å²) in [5, 5.41) is 2.90. The van der Waals surface area contributed by atoms with Crippen LogP contribution in [0.4, 0.5) is 0 Å². The Morgan fingerprint density at radius 1 is 0.348 bits per heavy atom. The van der Waals surface area contributed by atoms with Crippen molar-refractivity contribution in [3.8, 4) is 46.0 Å². The molecule has 0 bridgehead atoms. The van der Waals surface area contributed by atoms with Crippen LogP contribution in [-0.2, 0) is 35.3 Å². The van der Waals surface area contributed by atoms with Gasteiger partial charge in [-0.3, -0.25) is 38.6 Å². The minimum Gasteiger partial charge on any atom is -0.457 e. The van der Waals surface area contributed by atoms with E-state index in [9.17, 15) is 0 Å². The maximum Gasteiger partial charge on any atom is 0.262 e. The van der Waals surface area contributed by atoms with Crippen LogP contribution < -0.4 is 18.9 Å². The van der Waals surface area contributed by atoms with E-state index in [1.54, 1.807) is 34.1 Å². The molecule has 6 amide bonds. The molecule has 2 fully saturated rings. The number of hydrogen-bond acceptors (Lipinski definition) is 10. The summed E-state index contributed by atoms with van der Waals surface area (Å²) < 4.78 is 29.1.